The summed E-state index contributed by atoms with van der Waals surface area (Å²) in [6.07, 6.45) is 0.658. The number of rotatable bonds is 8. The molecular formula is C22H34ClFN4O3. The molecule has 2 amide bonds. The smallest absolute Gasteiger partial charge is 0.247 e. The Morgan fingerprint density at radius 2 is 1.81 bits per heavy atom. The highest BCUT2D eigenvalue weighted by Crippen LogP contribution is 2.32. The Hall–Kier alpha value is -1.90. The van der Waals surface area contributed by atoms with Gasteiger partial charge in [0.15, 0.2) is 11.6 Å². The summed E-state index contributed by atoms with van der Waals surface area (Å²) in [7, 11) is 1.71. The Balaban J connectivity index is 0.00000341. The lowest BCUT2D eigenvalue weighted by molar-refractivity contribution is -0.139. The van der Waals surface area contributed by atoms with E-state index in [0.717, 1.165) is 44.8 Å². The van der Waals surface area contributed by atoms with Gasteiger partial charge in [-0.1, -0.05) is 13.0 Å². The molecule has 2 unspecified atom stereocenters. The molecule has 2 fully saturated rings. The lowest BCUT2D eigenvalue weighted by Gasteiger charge is -2.37. The standard InChI is InChI=1S/C22H33FN4O3.ClH/c1-15(2)30-20-17(23)7-5-8-18(20)26-13-11-25(12-14-26)9-6-10-27-21(28)16(3)19(24-4)22(27)29;/h5,7-8,15-16,19,24H,6,9-14H2,1-4H3;1H. The number of hydrogen-bond donors (Lipinski definition) is 1. The normalized spacial score (nSPS) is 22.3. The van der Waals surface area contributed by atoms with E-state index in [1.807, 2.05) is 19.9 Å². The Bertz CT molecular complexity index is 771. The van der Waals surface area contributed by atoms with Gasteiger partial charge in [-0.25, -0.2) is 4.39 Å². The van der Waals surface area contributed by atoms with E-state index < -0.39 is 6.04 Å². The van der Waals surface area contributed by atoms with Gasteiger partial charge in [-0.2, -0.15) is 0 Å². The van der Waals surface area contributed by atoms with E-state index in [-0.39, 0.29) is 42.1 Å². The molecule has 7 nitrogen and oxygen atoms in total. The molecule has 1 N–H and O–H groups in total. The lowest BCUT2D eigenvalue weighted by Crippen LogP contribution is -2.47. The number of anilines is 1. The summed E-state index contributed by atoms with van der Waals surface area (Å²) in [5.41, 5.74) is 0.795. The van der Waals surface area contributed by atoms with Crippen LogP contribution in [0.1, 0.15) is 27.2 Å². The van der Waals surface area contributed by atoms with Gasteiger partial charge in [-0.05, 0) is 46.0 Å². The number of likely N-dealkylation sites (N-methyl/N-ethyl adjacent to an activating group) is 1. The SMILES string of the molecule is CNC1C(=O)N(CCCN2CCN(c3cccc(F)c3OC(C)C)CC2)C(=O)C1C.Cl. The number of amides is 2. The quantitative estimate of drug-likeness (QED) is 0.605. The molecule has 2 aliphatic heterocycles. The minimum absolute atomic E-state index is 0. The highest BCUT2D eigenvalue weighted by atomic mass is 35.5. The van der Waals surface area contributed by atoms with Crippen LogP contribution in [0.5, 0.6) is 5.75 Å². The topological polar surface area (TPSA) is 65.1 Å². The molecule has 2 atom stereocenters. The number of piperazine rings is 1. The number of nitrogens with one attached hydrogen (secondary N) is 1. The molecule has 0 aliphatic carbocycles. The second-order valence-corrected chi connectivity index (χ2v) is 8.32. The van der Waals surface area contributed by atoms with Crippen molar-refractivity contribution in [3.05, 3.63) is 24.0 Å². The fraction of sp³-hybridized carbons (Fsp3) is 0.636. The minimum atomic E-state index is -0.408. The number of nitrogens with zero attached hydrogens (tertiary/aromatic N) is 3. The van der Waals surface area contributed by atoms with Crippen LogP contribution in [0.15, 0.2) is 18.2 Å². The van der Waals surface area contributed by atoms with Gasteiger partial charge in [-0.15, -0.1) is 12.4 Å². The molecular weight excluding hydrogens is 423 g/mol. The molecule has 3 rings (SSSR count). The van der Waals surface area contributed by atoms with E-state index in [4.69, 9.17) is 4.74 Å². The molecule has 1 aromatic carbocycles. The Labute approximate surface area is 190 Å². The number of imide groups is 1. The zero-order chi connectivity index (χ0) is 21.8. The van der Waals surface area contributed by atoms with E-state index in [9.17, 15) is 14.0 Å². The van der Waals surface area contributed by atoms with E-state index in [1.165, 1.54) is 11.0 Å². The van der Waals surface area contributed by atoms with Crippen LogP contribution in [-0.2, 0) is 9.59 Å². The summed E-state index contributed by atoms with van der Waals surface area (Å²) in [5.74, 6) is -0.533. The summed E-state index contributed by atoms with van der Waals surface area (Å²) >= 11 is 0. The van der Waals surface area contributed by atoms with Crippen molar-refractivity contribution in [3.63, 3.8) is 0 Å². The van der Waals surface area contributed by atoms with Gasteiger partial charge < -0.3 is 15.0 Å². The summed E-state index contributed by atoms with van der Waals surface area (Å²) < 4.78 is 20.0. The molecule has 31 heavy (non-hydrogen) atoms. The first-order chi connectivity index (χ1) is 14.3. The number of benzene rings is 1. The summed E-state index contributed by atoms with van der Waals surface area (Å²) in [4.78, 5) is 30.5. The third kappa shape index (κ3) is 5.67. The third-order valence-corrected chi connectivity index (χ3v) is 5.87. The summed E-state index contributed by atoms with van der Waals surface area (Å²) in [6, 6.07) is 4.64. The number of hydrogen-bond acceptors (Lipinski definition) is 6. The van der Waals surface area contributed by atoms with Crippen LogP contribution in [0, 0.1) is 11.7 Å². The van der Waals surface area contributed by atoms with Gasteiger partial charge >= 0.3 is 0 Å². The Kier molecular flexibility index (Phi) is 9.09. The number of para-hydroxylation sites is 1. The predicted octanol–water partition coefficient (Wildman–Crippen LogP) is 2.14. The van der Waals surface area contributed by atoms with Crippen LogP contribution in [0.25, 0.3) is 0 Å². The molecule has 0 spiro atoms. The first kappa shape index (κ1) is 25.4. The minimum Gasteiger partial charge on any atom is -0.486 e. The zero-order valence-electron chi connectivity index (χ0n) is 18.8. The molecule has 9 heteroatoms. The van der Waals surface area contributed by atoms with Crippen molar-refractivity contribution in [3.8, 4) is 5.75 Å². The van der Waals surface area contributed by atoms with Gasteiger partial charge in [0.2, 0.25) is 11.8 Å². The van der Waals surface area contributed by atoms with Crippen molar-refractivity contribution < 1.29 is 18.7 Å². The van der Waals surface area contributed by atoms with E-state index in [2.05, 4.69) is 15.1 Å². The third-order valence-electron chi connectivity index (χ3n) is 5.87. The highest BCUT2D eigenvalue weighted by Gasteiger charge is 2.43. The molecule has 2 heterocycles. The molecule has 0 aromatic heterocycles. The van der Waals surface area contributed by atoms with Gasteiger partial charge in [0, 0.05) is 32.7 Å². The molecule has 2 saturated heterocycles. The van der Waals surface area contributed by atoms with Crippen molar-refractivity contribution in [1.82, 2.24) is 15.1 Å². The average molecular weight is 457 g/mol. The first-order valence-corrected chi connectivity index (χ1v) is 10.8. The van der Waals surface area contributed by atoms with Crippen molar-refractivity contribution in [1.29, 1.82) is 0 Å². The van der Waals surface area contributed by atoms with Crippen LogP contribution in [0.3, 0.4) is 0 Å². The van der Waals surface area contributed by atoms with Crippen LogP contribution >= 0.6 is 12.4 Å². The second-order valence-electron chi connectivity index (χ2n) is 8.32. The monoisotopic (exact) mass is 456 g/mol. The Morgan fingerprint density at radius 3 is 2.39 bits per heavy atom. The van der Waals surface area contributed by atoms with E-state index in [0.29, 0.717) is 12.3 Å². The molecule has 1 aromatic rings. The number of carbonyl (C=O) groups excluding carboxylic acids is 2. The molecule has 0 bridgehead atoms. The molecule has 0 radical (unpaired) electrons. The number of carbonyl (C=O) groups is 2. The van der Waals surface area contributed by atoms with Crippen molar-refractivity contribution in [2.24, 2.45) is 5.92 Å². The summed E-state index contributed by atoms with van der Waals surface area (Å²) in [5, 5.41) is 2.94. The van der Waals surface area contributed by atoms with Crippen LogP contribution < -0.4 is 15.0 Å². The van der Waals surface area contributed by atoms with Gasteiger partial charge in [0.05, 0.1) is 23.8 Å². The number of ether oxygens (including phenoxy) is 1. The Morgan fingerprint density at radius 1 is 1.13 bits per heavy atom. The predicted molar refractivity (Wildman–Crippen MR) is 121 cm³/mol. The summed E-state index contributed by atoms with van der Waals surface area (Å²) in [6.45, 7) is 10.1. The maximum absolute atomic E-state index is 14.3. The first-order valence-electron chi connectivity index (χ1n) is 10.8. The van der Waals surface area contributed by atoms with Crippen LogP contribution in [0.2, 0.25) is 0 Å². The molecule has 2 aliphatic rings. The van der Waals surface area contributed by atoms with Crippen LogP contribution in [-0.4, -0.2) is 80.1 Å². The molecule has 174 valence electrons. The van der Waals surface area contributed by atoms with E-state index in [1.54, 1.807) is 20.0 Å². The number of likely N-dealkylation sites (tertiary alicyclic amines) is 1. The van der Waals surface area contributed by atoms with Crippen molar-refractivity contribution >= 4 is 29.9 Å². The average Bonchev–Trinajstić information content (AvgIpc) is 2.92. The number of halogens is 2. The largest absolute Gasteiger partial charge is 0.486 e. The van der Waals surface area contributed by atoms with E-state index >= 15 is 0 Å². The fourth-order valence-corrected chi connectivity index (χ4v) is 4.24. The maximum atomic E-state index is 14.3. The fourth-order valence-electron chi connectivity index (χ4n) is 4.24. The second kappa shape index (κ2) is 11.1. The van der Waals surface area contributed by atoms with Crippen LogP contribution in [0.4, 0.5) is 10.1 Å². The van der Waals surface area contributed by atoms with Gasteiger partial charge in [0.1, 0.15) is 0 Å². The van der Waals surface area contributed by atoms with Gasteiger partial charge in [0.25, 0.3) is 0 Å². The maximum Gasteiger partial charge on any atom is 0.247 e. The highest BCUT2D eigenvalue weighted by molar-refractivity contribution is 6.06. The van der Waals surface area contributed by atoms with Crippen molar-refractivity contribution in [2.75, 3.05) is 51.2 Å². The zero-order valence-corrected chi connectivity index (χ0v) is 19.6. The lowest BCUT2D eigenvalue weighted by atomic mass is 10.1. The van der Waals surface area contributed by atoms with Crippen molar-refractivity contribution in [2.45, 2.75) is 39.3 Å². The van der Waals surface area contributed by atoms with Gasteiger partial charge in [-0.3, -0.25) is 19.4 Å². The molecule has 0 saturated carbocycles.